The number of nitrogens with zero attached hydrogens (tertiary/aromatic N) is 4. The zero-order valence-electron chi connectivity index (χ0n) is 22.2. The molecule has 2 aromatic heterocycles. The van der Waals surface area contributed by atoms with E-state index in [0.29, 0.717) is 17.8 Å². The molecular weight excluding hydrogens is 629 g/mol. The van der Waals surface area contributed by atoms with Gasteiger partial charge in [-0.1, -0.05) is 6.58 Å². The lowest BCUT2D eigenvalue weighted by Crippen LogP contribution is -2.28. The molecule has 0 aliphatic rings. The summed E-state index contributed by atoms with van der Waals surface area (Å²) in [6, 6.07) is 3.39. The molecule has 4 aromatic rings. The molecule has 0 unspecified atom stereocenters. The van der Waals surface area contributed by atoms with Gasteiger partial charge in [0.25, 0.3) is 5.91 Å². The van der Waals surface area contributed by atoms with Crippen LogP contribution in [0.4, 0.5) is 68.3 Å². The average Bonchev–Trinajstić information content (AvgIpc) is 3.33. The van der Waals surface area contributed by atoms with E-state index in [4.69, 9.17) is 0 Å². The number of hydrogen-bond donors (Lipinski definition) is 3. The molecule has 236 valence electrons. The third-order valence-corrected chi connectivity index (χ3v) is 5.56. The Hall–Kier alpha value is -5.62. The molecule has 0 bridgehead atoms. The van der Waals surface area contributed by atoms with Gasteiger partial charge in [0.15, 0.2) is 5.76 Å². The number of anilines is 5. The van der Waals surface area contributed by atoms with Crippen LogP contribution in [0.5, 0.6) is 0 Å². The van der Waals surface area contributed by atoms with E-state index in [9.17, 15) is 49.1 Å². The second-order valence-electron chi connectivity index (χ2n) is 8.88. The predicted molar refractivity (Wildman–Crippen MR) is 138 cm³/mol. The minimum Gasteiger partial charge on any atom is -0.415 e. The van der Waals surface area contributed by atoms with Crippen LogP contribution in [-0.4, -0.2) is 37.8 Å². The standard InChI is InChI=1S/C26H16F9N7O3/c1-11(45-23(44)26(33,34)35)22(43)38-13-3-4-16(27)19(7-13)40-21-15(9-36-24(41-21)39-14-8-37-42(2)10-14)12-5-17(28)20(18(29)6-12)25(30,31)32/h3-10H,1H2,2H3,(H,38,43)(H2,36,39,40,41). The maximum atomic E-state index is 14.8. The Balaban J connectivity index is 1.70. The molecule has 2 heterocycles. The number of aromatic nitrogens is 4. The normalized spacial score (nSPS) is 11.6. The molecule has 4 rings (SSSR count). The number of amides is 1. The minimum atomic E-state index is -5.42. The van der Waals surface area contributed by atoms with Crippen molar-refractivity contribution in [3.8, 4) is 11.1 Å². The molecule has 0 spiro atoms. The van der Waals surface area contributed by atoms with E-state index < -0.39 is 70.1 Å². The van der Waals surface area contributed by atoms with Crippen LogP contribution in [0.25, 0.3) is 11.1 Å². The Bertz CT molecular complexity index is 1780. The van der Waals surface area contributed by atoms with Gasteiger partial charge < -0.3 is 20.7 Å². The number of ether oxygens (including phenoxy) is 1. The first kappa shape index (κ1) is 32.3. The van der Waals surface area contributed by atoms with Gasteiger partial charge in [0.05, 0.1) is 17.6 Å². The maximum Gasteiger partial charge on any atom is 0.491 e. The molecular formula is C26H16F9N7O3. The van der Waals surface area contributed by atoms with Crippen molar-refractivity contribution in [3.63, 3.8) is 0 Å². The molecule has 0 radical (unpaired) electrons. The molecule has 0 atom stereocenters. The fourth-order valence-electron chi connectivity index (χ4n) is 3.61. The summed E-state index contributed by atoms with van der Waals surface area (Å²) in [6.07, 6.45) is -6.92. The van der Waals surface area contributed by atoms with Gasteiger partial charge >= 0.3 is 18.3 Å². The molecule has 0 saturated carbocycles. The summed E-state index contributed by atoms with van der Waals surface area (Å²) in [5, 5.41) is 11.2. The highest BCUT2D eigenvalue weighted by Crippen LogP contribution is 2.38. The average molecular weight is 645 g/mol. The number of esters is 1. The lowest BCUT2D eigenvalue weighted by molar-refractivity contribution is -0.195. The van der Waals surface area contributed by atoms with Crippen LogP contribution in [0.1, 0.15) is 5.56 Å². The Morgan fingerprint density at radius 3 is 2.16 bits per heavy atom. The largest absolute Gasteiger partial charge is 0.491 e. The number of benzene rings is 2. The van der Waals surface area contributed by atoms with Crippen molar-refractivity contribution in [1.29, 1.82) is 0 Å². The lowest BCUT2D eigenvalue weighted by Gasteiger charge is -2.16. The predicted octanol–water partition coefficient (Wildman–Crippen LogP) is 6.36. The van der Waals surface area contributed by atoms with Crippen LogP contribution in [0.15, 0.2) is 61.3 Å². The smallest absolute Gasteiger partial charge is 0.415 e. The van der Waals surface area contributed by atoms with Crippen molar-refractivity contribution >= 4 is 40.7 Å². The SMILES string of the molecule is C=C(OC(=O)C(F)(F)F)C(=O)Nc1ccc(F)c(Nc2nc(Nc3cnn(C)c3)ncc2-c2cc(F)c(C(F)(F)F)c(F)c2)c1. The van der Waals surface area contributed by atoms with Gasteiger partial charge in [-0.25, -0.2) is 22.9 Å². The highest BCUT2D eigenvalue weighted by atomic mass is 19.4. The number of aryl methyl sites for hydroxylation is 1. The molecule has 10 nitrogen and oxygen atoms in total. The van der Waals surface area contributed by atoms with E-state index in [-0.39, 0.29) is 17.2 Å². The highest BCUT2D eigenvalue weighted by molar-refractivity contribution is 6.03. The summed E-state index contributed by atoms with van der Waals surface area (Å²) in [5.41, 5.74) is -3.34. The summed E-state index contributed by atoms with van der Waals surface area (Å²) >= 11 is 0. The monoisotopic (exact) mass is 645 g/mol. The van der Waals surface area contributed by atoms with E-state index >= 15 is 0 Å². The van der Waals surface area contributed by atoms with Gasteiger partial charge in [-0.2, -0.15) is 36.4 Å². The molecule has 1 amide bonds. The van der Waals surface area contributed by atoms with E-state index in [2.05, 4.69) is 37.0 Å². The number of carbonyl (C=O) groups excluding carboxylic acids is 2. The number of rotatable bonds is 8. The van der Waals surface area contributed by atoms with Gasteiger partial charge in [-0.15, -0.1) is 0 Å². The van der Waals surface area contributed by atoms with Gasteiger partial charge in [-0.3, -0.25) is 9.48 Å². The Kier molecular flexibility index (Phi) is 8.73. The van der Waals surface area contributed by atoms with Crippen LogP contribution in [0, 0.1) is 17.5 Å². The number of halogens is 9. The van der Waals surface area contributed by atoms with Crippen LogP contribution >= 0.6 is 0 Å². The van der Waals surface area contributed by atoms with Gasteiger partial charge in [-0.05, 0) is 35.9 Å². The topological polar surface area (TPSA) is 123 Å². The zero-order valence-corrected chi connectivity index (χ0v) is 22.2. The second-order valence-corrected chi connectivity index (χ2v) is 8.88. The minimum absolute atomic E-state index is 0.185. The number of alkyl halides is 6. The zero-order chi connectivity index (χ0) is 33.3. The van der Waals surface area contributed by atoms with Crippen molar-refractivity contribution in [2.24, 2.45) is 7.05 Å². The van der Waals surface area contributed by atoms with Crippen molar-refractivity contribution in [2.45, 2.75) is 12.4 Å². The lowest BCUT2D eigenvalue weighted by atomic mass is 10.0. The number of carbonyl (C=O) groups is 2. The first-order chi connectivity index (χ1) is 20.9. The van der Waals surface area contributed by atoms with Crippen molar-refractivity contribution in [2.75, 3.05) is 16.0 Å². The van der Waals surface area contributed by atoms with Crippen molar-refractivity contribution < 1.29 is 53.8 Å². The Labute approximate surface area is 245 Å². The Morgan fingerprint density at radius 2 is 1.58 bits per heavy atom. The summed E-state index contributed by atoms with van der Waals surface area (Å²) < 4.78 is 126. The van der Waals surface area contributed by atoms with Gasteiger partial charge in [0.2, 0.25) is 5.95 Å². The first-order valence-corrected chi connectivity index (χ1v) is 12.0. The van der Waals surface area contributed by atoms with E-state index in [1.807, 2.05) is 5.32 Å². The quantitative estimate of drug-likeness (QED) is 0.0877. The van der Waals surface area contributed by atoms with Crippen LogP contribution < -0.4 is 16.0 Å². The number of nitrogens with one attached hydrogen (secondary N) is 3. The molecule has 3 N–H and O–H groups in total. The van der Waals surface area contributed by atoms with Crippen LogP contribution in [0.2, 0.25) is 0 Å². The Morgan fingerprint density at radius 1 is 0.911 bits per heavy atom. The molecule has 0 fully saturated rings. The highest BCUT2D eigenvalue weighted by Gasteiger charge is 2.42. The molecule has 0 saturated heterocycles. The molecule has 0 aliphatic heterocycles. The van der Waals surface area contributed by atoms with Crippen LogP contribution in [-0.2, 0) is 27.5 Å². The van der Waals surface area contributed by atoms with Gasteiger partial charge in [0.1, 0.15) is 28.8 Å². The summed E-state index contributed by atoms with van der Waals surface area (Å²) in [7, 11) is 1.60. The molecule has 19 heteroatoms. The van der Waals surface area contributed by atoms with Crippen molar-refractivity contribution in [3.05, 3.63) is 84.3 Å². The van der Waals surface area contributed by atoms with E-state index in [1.165, 1.54) is 17.1 Å². The fraction of sp³-hybridized carbons (Fsp3) is 0.115. The summed E-state index contributed by atoms with van der Waals surface area (Å²) in [4.78, 5) is 31.3. The third-order valence-electron chi connectivity index (χ3n) is 5.56. The molecule has 0 aliphatic carbocycles. The van der Waals surface area contributed by atoms with E-state index in [0.717, 1.165) is 24.4 Å². The molecule has 2 aromatic carbocycles. The van der Waals surface area contributed by atoms with Crippen molar-refractivity contribution in [1.82, 2.24) is 19.7 Å². The number of hydrogen-bond acceptors (Lipinski definition) is 8. The summed E-state index contributed by atoms with van der Waals surface area (Å²) in [5.74, 6) is -10.9. The van der Waals surface area contributed by atoms with Crippen LogP contribution in [0.3, 0.4) is 0 Å². The second kappa shape index (κ2) is 12.2. The van der Waals surface area contributed by atoms with Gasteiger partial charge in [0, 0.05) is 30.7 Å². The third kappa shape index (κ3) is 7.67. The fourth-order valence-corrected chi connectivity index (χ4v) is 3.61. The van der Waals surface area contributed by atoms with E-state index in [1.54, 1.807) is 7.05 Å². The molecule has 45 heavy (non-hydrogen) atoms. The summed E-state index contributed by atoms with van der Waals surface area (Å²) in [6.45, 7) is 2.93. The first-order valence-electron chi connectivity index (χ1n) is 12.0. The maximum absolute atomic E-state index is 14.8.